The summed E-state index contributed by atoms with van der Waals surface area (Å²) in [4.78, 5) is 21.9. The van der Waals surface area contributed by atoms with E-state index in [1.54, 1.807) is 0 Å². The zero-order valence-corrected chi connectivity index (χ0v) is 15.3. The van der Waals surface area contributed by atoms with E-state index in [-0.39, 0.29) is 17.2 Å². The van der Waals surface area contributed by atoms with E-state index in [0.717, 1.165) is 16.9 Å². The number of fused-ring (bicyclic) bond motifs is 4. The molecule has 142 valence electrons. The molecular weight excluding hydrogens is 358 g/mol. The third-order valence-electron chi connectivity index (χ3n) is 4.78. The second-order valence-electron chi connectivity index (χ2n) is 6.98. The number of rotatable bonds is 4. The van der Waals surface area contributed by atoms with Gasteiger partial charge in [-0.1, -0.05) is 24.3 Å². The van der Waals surface area contributed by atoms with E-state index in [1.807, 2.05) is 60.5 Å². The number of para-hydroxylation sites is 3. The quantitative estimate of drug-likeness (QED) is 0.589. The third-order valence-corrected chi connectivity index (χ3v) is 4.78. The van der Waals surface area contributed by atoms with Gasteiger partial charge in [-0.3, -0.25) is 9.69 Å². The monoisotopic (exact) mass is 377 g/mol. The number of furan rings is 1. The van der Waals surface area contributed by atoms with Crippen LogP contribution in [0.25, 0.3) is 22.1 Å². The van der Waals surface area contributed by atoms with Crippen LogP contribution >= 0.6 is 0 Å². The number of benzene rings is 2. The molecule has 0 unspecified atom stereocenters. The molecule has 0 radical (unpaired) electrons. The van der Waals surface area contributed by atoms with Crippen molar-refractivity contribution < 1.29 is 13.9 Å². The first-order valence-corrected chi connectivity index (χ1v) is 9.15. The van der Waals surface area contributed by atoms with E-state index in [0.29, 0.717) is 36.6 Å². The number of hydrogen-bond acceptors (Lipinski definition) is 6. The second-order valence-corrected chi connectivity index (χ2v) is 6.98. The molecule has 2 aromatic heterocycles. The minimum atomic E-state index is -0.268. The molecule has 2 aromatic carbocycles. The van der Waals surface area contributed by atoms with Gasteiger partial charge in [-0.25, -0.2) is 4.98 Å². The number of ether oxygens (including phenoxy) is 2. The van der Waals surface area contributed by atoms with E-state index < -0.39 is 0 Å². The molecule has 5 rings (SSSR count). The summed E-state index contributed by atoms with van der Waals surface area (Å²) in [7, 11) is 1.96. The predicted octanol–water partition coefficient (Wildman–Crippen LogP) is 2.94. The van der Waals surface area contributed by atoms with Crippen LogP contribution in [0.3, 0.4) is 0 Å². The lowest BCUT2D eigenvalue weighted by Gasteiger charge is -2.29. The molecule has 4 aromatic rings. The standard InChI is InChI=1S/C21H19N3O4/c1-24(10-13-12-26-16-8-4-5-9-17(16)27-13)11-18-22-19-14-6-2-3-7-15(14)28-20(19)21(25)23-18/h2-9,13H,10-12H2,1H3,(H,22,23,25)/t13-/m1/s1. The molecule has 0 saturated heterocycles. The predicted molar refractivity (Wildman–Crippen MR) is 105 cm³/mol. The fourth-order valence-corrected chi connectivity index (χ4v) is 3.54. The smallest absolute Gasteiger partial charge is 0.294 e. The minimum Gasteiger partial charge on any atom is -0.486 e. The van der Waals surface area contributed by atoms with Gasteiger partial charge in [0.1, 0.15) is 29.6 Å². The topological polar surface area (TPSA) is 80.6 Å². The number of hydrogen-bond donors (Lipinski definition) is 1. The molecular formula is C21H19N3O4. The Labute approximate surface area is 160 Å². The van der Waals surface area contributed by atoms with Crippen LogP contribution in [0.15, 0.2) is 57.7 Å². The van der Waals surface area contributed by atoms with Crippen LogP contribution in [0, 0.1) is 0 Å². The highest BCUT2D eigenvalue weighted by Crippen LogP contribution is 2.31. The van der Waals surface area contributed by atoms with Gasteiger partial charge in [-0.15, -0.1) is 0 Å². The summed E-state index contributed by atoms with van der Waals surface area (Å²) in [5.74, 6) is 2.11. The van der Waals surface area contributed by atoms with E-state index in [4.69, 9.17) is 13.9 Å². The number of likely N-dealkylation sites (N-methyl/N-ethyl adjacent to an activating group) is 1. The molecule has 1 atom stereocenters. The van der Waals surface area contributed by atoms with E-state index in [1.165, 1.54) is 0 Å². The van der Waals surface area contributed by atoms with Crippen LogP contribution < -0.4 is 15.0 Å². The highest BCUT2D eigenvalue weighted by Gasteiger charge is 2.22. The average Bonchev–Trinajstić information content (AvgIpc) is 3.07. The zero-order chi connectivity index (χ0) is 19.1. The molecule has 3 heterocycles. The highest BCUT2D eigenvalue weighted by molar-refractivity contribution is 6.01. The lowest BCUT2D eigenvalue weighted by atomic mass is 10.2. The van der Waals surface area contributed by atoms with Crippen molar-refractivity contribution in [1.29, 1.82) is 0 Å². The summed E-state index contributed by atoms with van der Waals surface area (Å²) in [6.07, 6.45) is -0.0925. The molecule has 0 saturated carbocycles. The summed E-state index contributed by atoms with van der Waals surface area (Å²) in [5.41, 5.74) is 1.24. The van der Waals surface area contributed by atoms with Crippen LogP contribution in [-0.4, -0.2) is 41.2 Å². The molecule has 7 heteroatoms. The van der Waals surface area contributed by atoms with Gasteiger partial charge < -0.3 is 18.9 Å². The largest absolute Gasteiger partial charge is 0.486 e. The Morgan fingerprint density at radius 1 is 1.14 bits per heavy atom. The van der Waals surface area contributed by atoms with Crippen molar-refractivity contribution in [3.05, 3.63) is 64.7 Å². The number of H-pyrrole nitrogens is 1. The Morgan fingerprint density at radius 3 is 2.82 bits per heavy atom. The molecule has 1 N–H and O–H groups in total. The lowest BCUT2D eigenvalue weighted by molar-refractivity contribution is 0.0632. The van der Waals surface area contributed by atoms with Gasteiger partial charge >= 0.3 is 0 Å². The highest BCUT2D eigenvalue weighted by atomic mass is 16.6. The number of nitrogens with zero attached hydrogens (tertiary/aromatic N) is 2. The van der Waals surface area contributed by atoms with Crippen molar-refractivity contribution in [3.63, 3.8) is 0 Å². The first-order valence-electron chi connectivity index (χ1n) is 9.15. The Morgan fingerprint density at radius 2 is 1.93 bits per heavy atom. The van der Waals surface area contributed by atoms with Gasteiger partial charge in [0.05, 0.1) is 6.54 Å². The Balaban J connectivity index is 1.35. The van der Waals surface area contributed by atoms with Crippen molar-refractivity contribution >= 4 is 22.1 Å². The van der Waals surface area contributed by atoms with E-state index in [9.17, 15) is 4.79 Å². The van der Waals surface area contributed by atoms with Gasteiger partial charge in [-0.05, 0) is 31.3 Å². The average molecular weight is 377 g/mol. The van der Waals surface area contributed by atoms with Crippen LogP contribution in [0.5, 0.6) is 11.5 Å². The molecule has 0 bridgehead atoms. The van der Waals surface area contributed by atoms with Crippen LogP contribution in [-0.2, 0) is 6.54 Å². The summed E-state index contributed by atoms with van der Waals surface area (Å²) in [6.45, 7) is 1.60. The summed E-state index contributed by atoms with van der Waals surface area (Å²) in [5, 5.41) is 0.841. The van der Waals surface area contributed by atoms with Gasteiger partial charge in [-0.2, -0.15) is 0 Å². The second kappa shape index (κ2) is 6.69. The first-order chi connectivity index (χ1) is 13.7. The first kappa shape index (κ1) is 16.8. The molecule has 0 amide bonds. The summed E-state index contributed by atoms with van der Waals surface area (Å²) < 4.78 is 17.4. The summed E-state index contributed by atoms with van der Waals surface area (Å²) in [6, 6.07) is 15.2. The third kappa shape index (κ3) is 2.99. The Bertz CT molecular complexity index is 1210. The maximum atomic E-state index is 12.4. The molecule has 0 fully saturated rings. The van der Waals surface area contributed by atoms with Crippen molar-refractivity contribution in [1.82, 2.24) is 14.9 Å². The van der Waals surface area contributed by atoms with Gasteiger partial charge in [0.2, 0.25) is 5.58 Å². The fraction of sp³-hybridized carbons (Fsp3) is 0.238. The van der Waals surface area contributed by atoms with Crippen LogP contribution in [0.1, 0.15) is 5.82 Å². The van der Waals surface area contributed by atoms with Crippen LogP contribution in [0.2, 0.25) is 0 Å². The van der Waals surface area contributed by atoms with E-state index in [2.05, 4.69) is 9.97 Å². The number of nitrogens with one attached hydrogen (secondary N) is 1. The number of aromatic amines is 1. The maximum Gasteiger partial charge on any atom is 0.294 e. The molecule has 0 spiro atoms. The Kier molecular flexibility index (Phi) is 4.02. The molecule has 1 aliphatic heterocycles. The van der Waals surface area contributed by atoms with Gasteiger partial charge in [0.15, 0.2) is 11.5 Å². The SMILES string of the molecule is CN(Cc1nc2c(oc3ccccc32)c(=O)[nH]1)C[C@@H]1COc2ccccc2O1. The normalized spacial score (nSPS) is 16.1. The van der Waals surface area contributed by atoms with Crippen molar-refractivity contribution in [2.45, 2.75) is 12.6 Å². The van der Waals surface area contributed by atoms with Crippen LogP contribution in [0.4, 0.5) is 0 Å². The molecule has 7 nitrogen and oxygen atoms in total. The van der Waals surface area contributed by atoms with Gasteiger partial charge in [0.25, 0.3) is 5.56 Å². The number of aromatic nitrogens is 2. The summed E-state index contributed by atoms with van der Waals surface area (Å²) >= 11 is 0. The van der Waals surface area contributed by atoms with Gasteiger partial charge in [0, 0.05) is 11.9 Å². The molecule has 0 aliphatic carbocycles. The van der Waals surface area contributed by atoms with Crippen molar-refractivity contribution in [2.75, 3.05) is 20.2 Å². The van der Waals surface area contributed by atoms with Crippen molar-refractivity contribution in [2.24, 2.45) is 0 Å². The maximum absolute atomic E-state index is 12.4. The lowest BCUT2D eigenvalue weighted by Crippen LogP contribution is -2.39. The molecule has 28 heavy (non-hydrogen) atoms. The zero-order valence-electron chi connectivity index (χ0n) is 15.3. The Hall–Kier alpha value is -3.32. The molecule has 1 aliphatic rings. The minimum absolute atomic E-state index is 0.0925. The fourth-order valence-electron chi connectivity index (χ4n) is 3.54. The van der Waals surface area contributed by atoms with Crippen molar-refractivity contribution in [3.8, 4) is 11.5 Å². The van der Waals surface area contributed by atoms with E-state index >= 15 is 0 Å².